The van der Waals surface area contributed by atoms with Gasteiger partial charge in [-0.2, -0.15) is 0 Å². The van der Waals surface area contributed by atoms with Gasteiger partial charge in [0.2, 0.25) is 5.91 Å². The van der Waals surface area contributed by atoms with E-state index < -0.39 is 0 Å². The zero-order chi connectivity index (χ0) is 15.4. The van der Waals surface area contributed by atoms with Crippen molar-refractivity contribution in [2.75, 3.05) is 20.2 Å². The molecule has 1 amide bonds. The first-order chi connectivity index (χ1) is 9.00. The zero-order valence-corrected chi connectivity index (χ0v) is 12.8. The monoisotopic (exact) mass is 271 g/mol. The summed E-state index contributed by atoms with van der Waals surface area (Å²) in [5.41, 5.74) is 0.722. The van der Waals surface area contributed by atoms with Crippen LogP contribution in [-0.4, -0.2) is 42.8 Å². The van der Waals surface area contributed by atoms with E-state index in [-0.39, 0.29) is 24.1 Å². The van der Waals surface area contributed by atoms with Gasteiger partial charge in [0.1, 0.15) is 6.61 Å². The lowest BCUT2D eigenvalue weighted by Crippen LogP contribution is -2.18. The molecule has 110 valence electrons. The van der Waals surface area contributed by atoms with Crippen LogP contribution in [0.25, 0.3) is 0 Å². The Labute approximate surface area is 115 Å². The van der Waals surface area contributed by atoms with E-state index in [1.54, 1.807) is 20.0 Å². The highest BCUT2D eigenvalue weighted by Crippen LogP contribution is 2.03. The van der Waals surface area contributed by atoms with Crippen molar-refractivity contribution in [3.8, 4) is 0 Å². The third-order valence-corrected chi connectivity index (χ3v) is 2.11. The molecule has 2 aliphatic heterocycles. The highest BCUT2D eigenvalue weighted by molar-refractivity contribution is 6.05. The molecule has 2 heterocycles. The maximum atomic E-state index is 10.5. The number of likely N-dealkylation sites (tertiary alicyclic amines) is 1. The quantitative estimate of drug-likeness (QED) is 0.499. The number of cyclic esters (lactones) is 1. The molecule has 2 rings (SSSR count). The first-order valence-electron chi connectivity index (χ1n) is 6.60. The second kappa shape index (κ2) is 11.4. The lowest BCUT2D eigenvalue weighted by molar-refractivity contribution is -0.136. The average Bonchev–Trinajstić information content (AvgIpc) is 2.92. The highest BCUT2D eigenvalue weighted by atomic mass is 16.5. The summed E-state index contributed by atoms with van der Waals surface area (Å²) in [7, 11) is 1.63. The molecule has 0 saturated carbocycles. The van der Waals surface area contributed by atoms with Crippen LogP contribution >= 0.6 is 0 Å². The molecule has 0 N–H and O–H groups in total. The Morgan fingerprint density at radius 2 is 1.63 bits per heavy atom. The minimum absolute atomic E-state index is 0.0255. The Bertz CT molecular complexity index is 334. The number of ketones is 1. The molecule has 19 heavy (non-hydrogen) atoms. The summed E-state index contributed by atoms with van der Waals surface area (Å²) in [5, 5.41) is 0. The van der Waals surface area contributed by atoms with Crippen molar-refractivity contribution in [1.29, 1.82) is 0 Å². The molecule has 0 radical (unpaired) electrons. The van der Waals surface area contributed by atoms with Crippen LogP contribution in [0.3, 0.4) is 0 Å². The third-order valence-electron chi connectivity index (χ3n) is 2.11. The van der Waals surface area contributed by atoms with Gasteiger partial charge in [-0.1, -0.05) is 27.7 Å². The van der Waals surface area contributed by atoms with E-state index in [2.05, 4.69) is 4.74 Å². The van der Waals surface area contributed by atoms with Gasteiger partial charge in [-0.3, -0.25) is 9.59 Å². The van der Waals surface area contributed by atoms with Crippen molar-refractivity contribution in [2.24, 2.45) is 0 Å². The maximum absolute atomic E-state index is 10.5. The normalized spacial score (nSPS) is 16.2. The molecule has 0 aromatic rings. The van der Waals surface area contributed by atoms with Gasteiger partial charge in [-0.25, -0.2) is 4.79 Å². The summed E-state index contributed by atoms with van der Waals surface area (Å²) in [6.07, 6.45) is 1.87. The van der Waals surface area contributed by atoms with Crippen LogP contribution in [0.2, 0.25) is 0 Å². The number of hydrogen-bond donors (Lipinski definition) is 0. The largest absolute Gasteiger partial charge is 0.458 e. The van der Waals surface area contributed by atoms with Crippen LogP contribution in [0.4, 0.5) is 0 Å². The number of hydrogen-bond acceptors (Lipinski definition) is 4. The SMILES string of the molecule is CC.CC.CC1=CCOC1=O.CN1CC(=O)CC1=O. The van der Waals surface area contributed by atoms with Crippen molar-refractivity contribution >= 4 is 17.7 Å². The van der Waals surface area contributed by atoms with Crippen molar-refractivity contribution in [1.82, 2.24) is 4.90 Å². The van der Waals surface area contributed by atoms with Crippen LogP contribution in [0, 0.1) is 0 Å². The van der Waals surface area contributed by atoms with Crippen molar-refractivity contribution in [3.63, 3.8) is 0 Å². The number of Topliss-reactive ketones (excluding diaryl/α,β-unsaturated/α-hetero) is 1. The number of amides is 1. The smallest absolute Gasteiger partial charge is 0.333 e. The Morgan fingerprint density at radius 3 is 1.74 bits per heavy atom. The van der Waals surface area contributed by atoms with Gasteiger partial charge in [-0.15, -0.1) is 0 Å². The molecule has 0 bridgehead atoms. The molecule has 5 heteroatoms. The average molecular weight is 271 g/mol. The van der Waals surface area contributed by atoms with Gasteiger partial charge in [0, 0.05) is 12.6 Å². The molecule has 0 aromatic heterocycles. The number of carbonyl (C=O) groups is 3. The van der Waals surface area contributed by atoms with Crippen LogP contribution in [0.15, 0.2) is 11.6 Å². The van der Waals surface area contributed by atoms with Gasteiger partial charge in [0.15, 0.2) is 5.78 Å². The first-order valence-corrected chi connectivity index (χ1v) is 6.60. The number of ether oxygens (including phenoxy) is 1. The number of carbonyl (C=O) groups excluding carboxylic acids is 3. The number of rotatable bonds is 0. The minimum atomic E-state index is -0.181. The third kappa shape index (κ3) is 8.13. The van der Waals surface area contributed by atoms with Crippen LogP contribution in [0.5, 0.6) is 0 Å². The highest BCUT2D eigenvalue weighted by Gasteiger charge is 2.23. The molecule has 0 aromatic carbocycles. The Kier molecular flexibility index (Phi) is 11.9. The van der Waals surface area contributed by atoms with Crippen LogP contribution in [0.1, 0.15) is 41.0 Å². The zero-order valence-electron chi connectivity index (χ0n) is 12.8. The fraction of sp³-hybridized carbons (Fsp3) is 0.643. The summed E-state index contributed by atoms with van der Waals surface area (Å²) in [4.78, 5) is 32.6. The van der Waals surface area contributed by atoms with Crippen LogP contribution in [-0.2, 0) is 19.1 Å². The van der Waals surface area contributed by atoms with E-state index in [4.69, 9.17) is 0 Å². The molecule has 1 fully saturated rings. The predicted molar refractivity (Wildman–Crippen MR) is 74.7 cm³/mol. The van der Waals surface area contributed by atoms with E-state index in [1.165, 1.54) is 4.90 Å². The van der Waals surface area contributed by atoms with Gasteiger partial charge >= 0.3 is 5.97 Å². The molecule has 2 aliphatic rings. The minimum Gasteiger partial charge on any atom is -0.458 e. The molecule has 0 unspecified atom stereocenters. The van der Waals surface area contributed by atoms with Crippen LogP contribution < -0.4 is 0 Å². The molecule has 0 spiro atoms. The Morgan fingerprint density at radius 1 is 1.11 bits per heavy atom. The maximum Gasteiger partial charge on any atom is 0.333 e. The van der Waals surface area contributed by atoms with Gasteiger partial charge in [-0.05, 0) is 13.0 Å². The van der Waals surface area contributed by atoms with E-state index in [1.807, 2.05) is 27.7 Å². The van der Waals surface area contributed by atoms with Crippen molar-refractivity contribution in [3.05, 3.63) is 11.6 Å². The van der Waals surface area contributed by atoms with Crippen molar-refractivity contribution in [2.45, 2.75) is 41.0 Å². The van der Waals surface area contributed by atoms with E-state index in [0.29, 0.717) is 13.2 Å². The fourth-order valence-electron chi connectivity index (χ4n) is 1.15. The summed E-state index contributed by atoms with van der Waals surface area (Å²) in [5.74, 6) is -0.215. The van der Waals surface area contributed by atoms with Crippen molar-refractivity contribution < 1.29 is 19.1 Å². The van der Waals surface area contributed by atoms with Gasteiger partial charge < -0.3 is 9.64 Å². The summed E-state index contributed by atoms with van der Waals surface area (Å²) < 4.78 is 4.53. The van der Waals surface area contributed by atoms with E-state index >= 15 is 0 Å². The molecule has 5 nitrogen and oxygen atoms in total. The molecule has 1 saturated heterocycles. The summed E-state index contributed by atoms with van der Waals surface area (Å²) >= 11 is 0. The predicted octanol–water partition coefficient (Wildman–Crippen LogP) is 1.96. The summed E-state index contributed by atoms with van der Waals surface area (Å²) in [6, 6.07) is 0. The summed E-state index contributed by atoms with van der Waals surface area (Å²) in [6.45, 7) is 10.5. The molecular weight excluding hydrogens is 246 g/mol. The standard InChI is InChI=1S/C5H7NO2.C5H6O2.2C2H6/c1-6-3-4(7)2-5(6)8;1-4-2-3-7-5(4)6;2*1-2/h2-3H2,1H3;2H,3H2,1H3;2*1-2H3. The molecular formula is C14H25NO4. The van der Waals surface area contributed by atoms with Gasteiger partial charge in [0.25, 0.3) is 0 Å². The fourth-order valence-corrected chi connectivity index (χ4v) is 1.15. The second-order valence-corrected chi connectivity index (χ2v) is 3.45. The van der Waals surface area contributed by atoms with E-state index in [0.717, 1.165) is 5.57 Å². The Hall–Kier alpha value is -1.65. The lowest BCUT2D eigenvalue weighted by Gasteiger charge is -2.01. The molecule has 0 atom stereocenters. The Balaban J connectivity index is 0. The first kappa shape index (κ1) is 19.7. The number of likely N-dealkylation sites (N-methyl/N-ethyl adjacent to an activating group) is 1. The number of nitrogens with zero attached hydrogens (tertiary/aromatic N) is 1. The topological polar surface area (TPSA) is 63.7 Å². The van der Waals surface area contributed by atoms with E-state index in [9.17, 15) is 14.4 Å². The van der Waals surface area contributed by atoms with Gasteiger partial charge in [0.05, 0.1) is 13.0 Å². The second-order valence-electron chi connectivity index (χ2n) is 3.45. The number of esters is 1. The lowest BCUT2D eigenvalue weighted by atomic mass is 10.3. The molecule has 0 aliphatic carbocycles.